The summed E-state index contributed by atoms with van der Waals surface area (Å²) in [7, 11) is 7.87. The highest BCUT2D eigenvalue weighted by Crippen LogP contribution is 2.39. The van der Waals surface area contributed by atoms with Gasteiger partial charge in [0.1, 0.15) is 23.0 Å². The summed E-state index contributed by atoms with van der Waals surface area (Å²) in [6, 6.07) is 11.4. The minimum atomic E-state index is -0.219. The molecule has 0 atom stereocenters. The van der Waals surface area contributed by atoms with Crippen LogP contribution in [0.15, 0.2) is 42.5 Å². The lowest BCUT2D eigenvalue weighted by Gasteiger charge is -2.17. The van der Waals surface area contributed by atoms with Crippen molar-refractivity contribution in [3.05, 3.63) is 53.6 Å². The highest BCUT2D eigenvalue weighted by molar-refractivity contribution is 5.86. The molecular weight excluding hydrogens is 372 g/mol. The first-order chi connectivity index (χ1) is 14.1. The average Bonchev–Trinajstić information content (AvgIpc) is 2.78. The van der Waals surface area contributed by atoms with E-state index in [1.165, 1.54) is 7.11 Å². The molecule has 0 aliphatic heterocycles. The molecule has 2 aromatic carbocycles. The largest absolute Gasteiger partial charge is 0.497 e. The van der Waals surface area contributed by atoms with Crippen LogP contribution in [0, 0.1) is 0 Å². The van der Waals surface area contributed by atoms with E-state index in [-0.39, 0.29) is 5.97 Å². The molecule has 0 saturated carbocycles. The van der Waals surface area contributed by atoms with Crippen LogP contribution in [0.4, 0.5) is 0 Å². The molecule has 0 spiro atoms. The van der Waals surface area contributed by atoms with Gasteiger partial charge in [0.2, 0.25) is 0 Å². The first-order valence-corrected chi connectivity index (χ1v) is 9.29. The molecule has 0 radical (unpaired) electrons. The van der Waals surface area contributed by atoms with E-state index in [0.29, 0.717) is 42.3 Å². The zero-order chi connectivity index (χ0) is 21.2. The van der Waals surface area contributed by atoms with E-state index in [0.717, 1.165) is 16.7 Å². The van der Waals surface area contributed by atoms with Crippen LogP contribution in [0.2, 0.25) is 0 Å². The number of methoxy groups -OCH3 is 5. The number of carbonyl (C=O) groups excluding carboxylic acids is 1. The molecule has 0 aromatic heterocycles. The Balaban J connectivity index is 2.51. The van der Waals surface area contributed by atoms with Crippen LogP contribution in [0.25, 0.3) is 5.57 Å². The second-order valence-corrected chi connectivity index (χ2v) is 6.22. The lowest BCUT2D eigenvalue weighted by molar-refractivity contribution is -0.140. The minimum Gasteiger partial charge on any atom is -0.497 e. The number of hydrogen-bond donors (Lipinski definition) is 0. The monoisotopic (exact) mass is 400 g/mol. The molecule has 0 heterocycles. The molecule has 2 aromatic rings. The van der Waals surface area contributed by atoms with Crippen molar-refractivity contribution >= 4 is 11.5 Å². The minimum absolute atomic E-state index is 0.219. The topological polar surface area (TPSA) is 63.2 Å². The van der Waals surface area contributed by atoms with Crippen LogP contribution < -0.4 is 18.9 Å². The second kappa shape index (κ2) is 11.0. The van der Waals surface area contributed by atoms with Gasteiger partial charge >= 0.3 is 5.97 Å². The van der Waals surface area contributed by atoms with Gasteiger partial charge in [-0.1, -0.05) is 6.08 Å². The zero-order valence-electron chi connectivity index (χ0n) is 17.6. The van der Waals surface area contributed by atoms with Gasteiger partial charge in [0.25, 0.3) is 0 Å². The Labute approximate surface area is 172 Å². The fraction of sp³-hybridized carbons (Fsp3) is 0.348. The normalized spacial score (nSPS) is 10.1. The van der Waals surface area contributed by atoms with Crippen molar-refractivity contribution in [3.63, 3.8) is 0 Å². The Bertz CT molecular complexity index is 799. The van der Waals surface area contributed by atoms with E-state index >= 15 is 0 Å². The summed E-state index contributed by atoms with van der Waals surface area (Å²) in [5.74, 6) is 2.56. The average molecular weight is 400 g/mol. The van der Waals surface area contributed by atoms with Crippen LogP contribution in [0.5, 0.6) is 23.0 Å². The summed E-state index contributed by atoms with van der Waals surface area (Å²) in [5.41, 5.74) is 2.73. The molecule has 0 amide bonds. The molecular formula is C23H28O6. The quantitative estimate of drug-likeness (QED) is 0.432. The molecule has 0 bridgehead atoms. The van der Waals surface area contributed by atoms with Crippen molar-refractivity contribution in [2.75, 3.05) is 35.5 Å². The standard InChI is InChI=1S/C23H28O6/c1-25-16-10-12-19(21(14-16)27-3)18(8-6-7-9-23(24)29-5)20-13-11-17(26-2)15-22(20)28-4/h8,10-15H,6-7,9H2,1-5H3. The van der Waals surface area contributed by atoms with Gasteiger partial charge < -0.3 is 23.7 Å². The molecule has 0 unspecified atom stereocenters. The lowest BCUT2D eigenvalue weighted by atomic mass is 9.94. The van der Waals surface area contributed by atoms with E-state index in [9.17, 15) is 4.79 Å². The highest BCUT2D eigenvalue weighted by atomic mass is 16.5. The Morgan fingerprint density at radius 2 is 1.31 bits per heavy atom. The van der Waals surface area contributed by atoms with Crippen molar-refractivity contribution in [3.8, 4) is 23.0 Å². The predicted molar refractivity (Wildman–Crippen MR) is 112 cm³/mol. The van der Waals surface area contributed by atoms with Gasteiger partial charge in [-0.3, -0.25) is 4.79 Å². The molecule has 0 saturated heterocycles. The summed E-state index contributed by atoms with van der Waals surface area (Å²) < 4.78 is 26.6. The summed E-state index contributed by atoms with van der Waals surface area (Å²) in [6.45, 7) is 0. The summed E-state index contributed by atoms with van der Waals surface area (Å²) in [5, 5.41) is 0. The number of rotatable bonds is 10. The number of esters is 1. The highest BCUT2D eigenvalue weighted by Gasteiger charge is 2.16. The van der Waals surface area contributed by atoms with Crippen molar-refractivity contribution in [2.45, 2.75) is 19.3 Å². The van der Waals surface area contributed by atoms with Gasteiger partial charge in [-0.05, 0) is 42.7 Å². The number of benzene rings is 2. The molecule has 0 fully saturated rings. The van der Waals surface area contributed by atoms with Gasteiger partial charge in [-0.25, -0.2) is 0 Å². The maximum Gasteiger partial charge on any atom is 0.305 e. The SMILES string of the molecule is COC(=O)CCCC=C(c1ccc(OC)cc1OC)c1ccc(OC)cc1OC. The predicted octanol–water partition coefficient (Wildman–Crippen LogP) is 4.50. The molecule has 0 aliphatic rings. The Morgan fingerprint density at radius 3 is 1.72 bits per heavy atom. The molecule has 0 aliphatic carbocycles. The Hall–Kier alpha value is -3.15. The first-order valence-electron chi connectivity index (χ1n) is 9.29. The van der Waals surface area contributed by atoms with Crippen molar-refractivity contribution < 1.29 is 28.5 Å². The van der Waals surface area contributed by atoms with E-state index < -0.39 is 0 Å². The van der Waals surface area contributed by atoms with E-state index in [1.807, 2.05) is 36.4 Å². The number of unbranched alkanes of at least 4 members (excludes halogenated alkanes) is 1. The van der Waals surface area contributed by atoms with Crippen molar-refractivity contribution in [1.29, 1.82) is 0 Å². The van der Waals surface area contributed by atoms with E-state index in [2.05, 4.69) is 6.08 Å². The smallest absolute Gasteiger partial charge is 0.305 e. The van der Waals surface area contributed by atoms with Crippen LogP contribution in [0.3, 0.4) is 0 Å². The summed E-state index contributed by atoms with van der Waals surface area (Å²) >= 11 is 0. The Morgan fingerprint density at radius 1 is 0.793 bits per heavy atom. The van der Waals surface area contributed by atoms with Gasteiger partial charge in [-0.2, -0.15) is 0 Å². The maximum atomic E-state index is 11.4. The van der Waals surface area contributed by atoms with Gasteiger partial charge in [0.15, 0.2) is 0 Å². The maximum absolute atomic E-state index is 11.4. The number of ether oxygens (including phenoxy) is 5. The number of hydrogen-bond acceptors (Lipinski definition) is 6. The van der Waals surface area contributed by atoms with Crippen LogP contribution in [-0.2, 0) is 9.53 Å². The molecule has 6 heteroatoms. The third-order valence-corrected chi connectivity index (χ3v) is 4.56. The third-order valence-electron chi connectivity index (χ3n) is 4.56. The van der Waals surface area contributed by atoms with Gasteiger partial charge in [0.05, 0.1) is 35.5 Å². The lowest BCUT2D eigenvalue weighted by Crippen LogP contribution is -2.00. The van der Waals surface area contributed by atoms with Crippen molar-refractivity contribution in [2.24, 2.45) is 0 Å². The fourth-order valence-corrected chi connectivity index (χ4v) is 3.00. The third kappa shape index (κ3) is 5.67. The second-order valence-electron chi connectivity index (χ2n) is 6.22. The molecule has 6 nitrogen and oxygen atoms in total. The molecule has 0 N–H and O–H groups in total. The van der Waals surface area contributed by atoms with Gasteiger partial charge in [-0.15, -0.1) is 0 Å². The summed E-state index contributed by atoms with van der Waals surface area (Å²) in [4.78, 5) is 11.4. The number of allylic oxidation sites excluding steroid dienone is 1. The van der Waals surface area contributed by atoms with Crippen LogP contribution in [-0.4, -0.2) is 41.5 Å². The van der Waals surface area contributed by atoms with E-state index in [4.69, 9.17) is 23.7 Å². The molecule has 29 heavy (non-hydrogen) atoms. The Kier molecular flexibility index (Phi) is 8.40. The van der Waals surface area contributed by atoms with Crippen LogP contribution >= 0.6 is 0 Å². The fourth-order valence-electron chi connectivity index (χ4n) is 3.00. The summed E-state index contributed by atoms with van der Waals surface area (Å²) in [6.07, 6.45) is 3.80. The number of carbonyl (C=O) groups is 1. The zero-order valence-corrected chi connectivity index (χ0v) is 17.6. The van der Waals surface area contributed by atoms with E-state index in [1.54, 1.807) is 28.4 Å². The van der Waals surface area contributed by atoms with Gasteiger partial charge in [0, 0.05) is 29.7 Å². The molecule has 2 rings (SSSR count). The van der Waals surface area contributed by atoms with Crippen LogP contribution in [0.1, 0.15) is 30.4 Å². The molecule has 156 valence electrons. The van der Waals surface area contributed by atoms with Crippen molar-refractivity contribution in [1.82, 2.24) is 0 Å². The first kappa shape index (κ1) is 22.1.